The lowest BCUT2D eigenvalue weighted by molar-refractivity contribution is -0.387. The highest BCUT2D eigenvalue weighted by Crippen LogP contribution is 2.30. The minimum Gasteiger partial charge on any atom is -0.457 e. The quantitative estimate of drug-likeness (QED) is 0.400. The van der Waals surface area contributed by atoms with Crippen LogP contribution in [0.2, 0.25) is 0 Å². The maximum absolute atomic E-state index is 13.5. The van der Waals surface area contributed by atoms with E-state index in [0.717, 1.165) is 22.2 Å². The van der Waals surface area contributed by atoms with Crippen molar-refractivity contribution in [2.24, 2.45) is 0 Å². The first-order valence-corrected chi connectivity index (χ1v) is 7.39. The molecule has 20 heavy (non-hydrogen) atoms. The molecule has 104 valence electrons. The lowest BCUT2D eigenvalue weighted by Gasteiger charge is -2.08. The molecule has 2 rings (SSSR count). The zero-order valence-electron chi connectivity index (χ0n) is 9.98. The van der Waals surface area contributed by atoms with E-state index >= 15 is 0 Å². The van der Waals surface area contributed by atoms with E-state index < -0.39 is 16.4 Å². The summed E-state index contributed by atoms with van der Waals surface area (Å²) in [6.07, 6.45) is 0. The number of rotatable bonds is 4. The number of halogens is 3. The van der Waals surface area contributed by atoms with Gasteiger partial charge in [0.15, 0.2) is 0 Å². The summed E-state index contributed by atoms with van der Waals surface area (Å²) in [5.74, 6) is -0.218. The van der Waals surface area contributed by atoms with E-state index in [-0.39, 0.29) is 5.75 Å². The Balaban J connectivity index is 2.24. The molecule has 0 aliphatic heterocycles. The Morgan fingerprint density at radius 3 is 2.40 bits per heavy atom. The minimum absolute atomic E-state index is 0.201. The first kappa shape index (κ1) is 14.9. The molecule has 0 amide bonds. The van der Waals surface area contributed by atoms with Crippen LogP contribution in [0.4, 0.5) is 10.1 Å². The molecule has 0 spiro atoms. The fraction of sp³-hybridized carbons (Fsp3) is 0.0769. The number of hydrogen-bond acceptors (Lipinski definition) is 3. The number of nitro groups is 1. The van der Waals surface area contributed by atoms with Crippen LogP contribution in [0.1, 0.15) is 5.56 Å². The third kappa shape index (κ3) is 3.34. The smallest absolute Gasteiger partial charge is 0.305 e. The number of nitrogens with zero attached hydrogens (tertiary/aromatic N) is 1. The topological polar surface area (TPSA) is 52.4 Å². The molecule has 0 unspecified atom stereocenters. The van der Waals surface area contributed by atoms with Crippen LogP contribution in [-0.2, 0) is 5.33 Å². The van der Waals surface area contributed by atoms with Crippen LogP contribution in [-0.4, -0.2) is 4.92 Å². The van der Waals surface area contributed by atoms with Gasteiger partial charge in [-0.2, -0.15) is 4.39 Å². The van der Waals surface area contributed by atoms with E-state index in [9.17, 15) is 14.5 Å². The summed E-state index contributed by atoms with van der Waals surface area (Å²) in [4.78, 5) is 9.74. The summed E-state index contributed by atoms with van der Waals surface area (Å²) in [7, 11) is 0. The summed E-state index contributed by atoms with van der Waals surface area (Å²) >= 11 is 6.74. The molecule has 0 N–H and O–H groups in total. The number of nitro benzene ring substituents is 1. The molecule has 0 aliphatic rings. The van der Waals surface area contributed by atoms with Crippen molar-refractivity contribution in [1.29, 1.82) is 0 Å². The molecule has 0 aromatic heterocycles. The molecule has 0 atom stereocenters. The first-order valence-electron chi connectivity index (χ1n) is 5.47. The second-order valence-corrected chi connectivity index (χ2v) is 5.27. The molecule has 4 nitrogen and oxygen atoms in total. The van der Waals surface area contributed by atoms with E-state index in [1.165, 1.54) is 6.07 Å². The third-order valence-corrected chi connectivity index (χ3v) is 3.86. The molecular weight excluding hydrogens is 397 g/mol. The Bertz CT molecular complexity index is 664. The van der Waals surface area contributed by atoms with Gasteiger partial charge < -0.3 is 4.74 Å². The highest BCUT2D eigenvalue weighted by Gasteiger charge is 2.14. The Kier molecular flexibility index (Phi) is 4.72. The number of hydrogen-bond donors (Lipinski definition) is 0. The van der Waals surface area contributed by atoms with Gasteiger partial charge in [0.1, 0.15) is 11.5 Å². The Labute approximate surface area is 131 Å². The summed E-state index contributed by atoms with van der Waals surface area (Å²) in [6.45, 7) is 0. The van der Waals surface area contributed by atoms with Crippen LogP contribution in [0.15, 0.2) is 40.9 Å². The normalized spacial score (nSPS) is 10.3. The van der Waals surface area contributed by atoms with E-state index in [4.69, 9.17) is 4.74 Å². The van der Waals surface area contributed by atoms with Crippen LogP contribution in [0.25, 0.3) is 0 Å². The van der Waals surface area contributed by atoms with Crippen LogP contribution in [0.5, 0.6) is 11.5 Å². The standard InChI is InChI=1S/C13H8Br2FNO3/c14-7-8-1-2-9(5-11(8)15)20-10-3-4-13(17(18)19)12(16)6-10/h1-6H,7H2. The van der Waals surface area contributed by atoms with Crippen molar-refractivity contribution in [3.8, 4) is 11.5 Å². The third-order valence-electron chi connectivity index (χ3n) is 2.52. The van der Waals surface area contributed by atoms with Crippen LogP contribution < -0.4 is 4.74 Å². The fourth-order valence-corrected chi connectivity index (χ4v) is 2.90. The lowest BCUT2D eigenvalue weighted by atomic mass is 10.2. The zero-order chi connectivity index (χ0) is 14.7. The summed E-state index contributed by atoms with van der Waals surface area (Å²) in [5.41, 5.74) is 0.473. The maximum Gasteiger partial charge on any atom is 0.305 e. The Hall–Kier alpha value is -1.47. The van der Waals surface area contributed by atoms with Crippen molar-refractivity contribution in [3.63, 3.8) is 0 Å². The molecule has 0 saturated carbocycles. The predicted molar refractivity (Wildman–Crippen MR) is 79.9 cm³/mol. The molecule has 0 radical (unpaired) electrons. The fourth-order valence-electron chi connectivity index (χ4n) is 1.54. The van der Waals surface area contributed by atoms with E-state index in [1.54, 1.807) is 12.1 Å². The summed E-state index contributed by atoms with van der Waals surface area (Å²) in [5, 5.41) is 11.2. The van der Waals surface area contributed by atoms with Crippen LogP contribution >= 0.6 is 31.9 Å². The highest BCUT2D eigenvalue weighted by atomic mass is 79.9. The van der Waals surface area contributed by atoms with Crippen molar-refractivity contribution in [2.45, 2.75) is 5.33 Å². The maximum atomic E-state index is 13.5. The molecule has 0 fully saturated rings. The van der Waals surface area contributed by atoms with Crippen molar-refractivity contribution in [2.75, 3.05) is 0 Å². The van der Waals surface area contributed by atoms with E-state index in [1.807, 2.05) is 6.07 Å². The second kappa shape index (κ2) is 6.32. The van der Waals surface area contributed by atoms with Gasteiger partial charge in [-0.25, -0.2) is 0 Å². The number of benzene rings is 2. The van der Waals surface area contributed by atoms with Gasteiger partial charge in [0, 0.05) is 21.9 Å². The van der Waals surface area contributed by atoms with Gasteiger partial charge in [-0.15, -0.1) is 0 Å². The minimum atomic E-state index is -0.927. The molecule has 0 saturated heterocycles. The van der Waals surface area contributed by atoms with Crippen molar-refractivity contribution >= 4 is 37.5 Å². The van der Waals surface area contributed by atoms with Crippen molar-refractivity contribution < 1.29 is 14.1 Å². The number of alkyl halides is 1. The number of ether oxygens (including phenoxy) is 1. The first-order chi connectivity index (χ1) is 9.51. The van der Waals surface area contributed by atoms with Gasteiger partial charge >= 0.3 is 5.69 Å². The van der Waals surface area contributed by atoms with Crippen LogP contribution in [0, 0.1) is 15.9 Å². The van der Waals surface area contributed by atoms with Gasteiger partial charge in [0.05, 0.1) is 4.92 Å². The average Bonchev–Trinajstić information content (AvgIpc) is 2.38. The van der Waals surface area contributed by atoms with Gasteiger partial charge in [0.2, 0.25) is 5.82 Å². The molecule has 7 heteroatoms. The summed E-state index contributed by atoms with van der Waals surface area (Å²) in [6, 6.07) is 8.76. The van der Waals surface area contributed by atoms with E-state index in [0.29, 0.717) is 11.1 Å². The zero-order valence-corrected chi connectivity index (χ0v) is 13.1. The monoisotopic (exact) mass is 403 g/mol. The van der Waals surface area contributed by atoms with Gasteiger partial charge in [0.25, 0.3) is 0 Å². The van der Waals surface area contributed by atoms with Gasteiger partial charge in [-0.3, -0.25) is 10.1 Å². The predicted octanol–water partition coefficient (Wildman–Crippen LogP) is 5.18. The average molecular weight is 405 g/mol. The molecule has 0 aliphatic carbocycles. The summed E-state index contributed by atoms with van der Waals surface area (Å²) < 4.78 is 19.8. The molecule has 2 aromatic carbocycles. The largest absolute Gasteiger partial charge is 0.457 e. The molecule has 0 bridgehead atoms. The molecule has 2 aromatic rings. The van der Waals surface area contributed by atoms with Crippen LogP contribution in [0.3, 0.4) is 0 Å². The van der Waals surface area contributed by atoms with Gasteiger partial charge in [-0.1, -0.05) is 37.9 Å². The van der Waals surface area contributed by atoms with Crippen molar-refractivity contribution in [1.82, 2.24) is 0 Å². The van der Waals surface area contributed by atoms with Crippen molar-refractivity contribution in [3.05, 3.63) is 62.4 Å². The highest BCUT2D eigenvalue weighted by molar-refractivity contribution is 9.10. The molecule has 0 heterocycles. The van der Waals surface area contributed by atoms with Gasteiger partial charge in [-0.05, 0) is 23.8 Å². The Morgan fingerprint density at radius 2 is 1.85 bits per heavy atom. The lowest BCUT2D eigenvalue weighted by Crippen LogP contribution is -1.93. The molecular formula is C13H8Br2FNO3. The Morgan fingerprint density at radius 1 is 1.20 bits per heavy atom. The van der Waals surface area contributed by atoms with E-state index in [2.05, 4.69) is 31.9 Å². The second-order valence-electron chi connectivity index (χ2n) is 3.86. The SMILES string of the molecule is O=[N+]([O-])c1ccc(Oc2ccc(CBr)c(Br)c2)cc1F.